The van der Waals surface area contributed by atoms with Crippen molar-refractivity contribution in [3.63, 3.8) is 0 Å². The lowest BCUT2D eigenvalue weighted by Crippen LogP contribution is -2.21. The minimum absolute atomic E-state index is 0.0336. The molecule has 0 spiro atoms. The standard InChI is InChI=1S/C19H18F3N3O2/c1-12-6-8-14(9-7-12)18(27)25-24-13(2)10-17(26)23-16-5-3-4-15(11-16)19(20,21)22/h3-9,11H,10H2,1-2H3,(H,23,26)(H,25,27)/b24-13+. The number of alkyl halides is 3. The Morgan fingerprint density at radius 2 is 1.74 bits per heavy atom. The first-order chi connectivity index (χ1) is 12.6. The van der Waals surface area contributed by atoms with Gasteiger partial charge >= 0.3 is 6.18 Å². The van der Waals surface area contributed by atoms with Crippen LogP contribution in [0.1, 0.15) is 34.8 Å². The van der Waals surface area contributed by atoms with Crippen LogP contribution in [0.15, 0.2) is 53.6 Å². The van der Waals surface area contributed by atoms with E-state index >= 15 is 0 Å². The fraction of sp³-hybridized carbons (Fsp3) is 0.211. The largest absolute Gasteiger partial charge is 0.416 e. The molecule has 0 saturated heterocycles. The van der Waals surface area contributed by atoms with Crippen molar-refractivity contribution in [2.24, 2.45) is 5.10 Å². The first kappa shape index (κ1) is 20.2. The van der Waals surface area contributed by atoms with Crippen LogP contribution in [0.2, 0.25) is 0 Å². The van der Waals surface area contributed by atoms with Crippen molar-refractivity contribution in [3.8, 4) is 0 Å². The number of carbonyl (C=O) groups excluding carboxylic acids is 2. The highest BCUT2D eigenvalue weighted by molar-refractivity contribution is 6.06. The van der Waals surface area contributed by atoms with E-state index in [0.717, 1.165) is 17.7 Å². The summed E-state index contributed by atoms with van der Waals surface area (Å²) in [4.78, 5) is 23.9. The lowest BCUT2D eigenvalue weighted by Gasteiger charge is -2.10. The Bertz CT molecular complexity index is 859. The lowest BCUT2D eigenvalue weighted by molar-refractivity contribution is -0.137. The molecule has 0 radical (unpaired) electrons. The van der Waals surface area contributed by atoms with Crippen molar-refractivity contribution in [3.05, 3.63) is 65.2 Å². The molecular formula is C19H18F3N3O2. The average Bonchev–Trinajstić information content (AvgIpc) is 2.59. The van der Waals surface area contributed by atoms with Crippen LogP contribution < -0.4 is 10.7 Å². The van der Waals surface area contributed by atoms with Crippen LogP contribution in [0, 0.1) is 6.92 Å². The highest BCUT2D eigenvalue weighted by Gasteiger charge is 2.30. The van der Waals surface area contributed by atoms with Gasteiger partial charge in [-0.2, -0.15) is 18.3 Å². The third kappa shape index (κ3) is 6.25. The SMILES string of the molecule is C/C(CC(=O)Nc1cccc(C(F)(F)F)c1)=N\NC(=O)c1ccc(C)cc1. The minimum Gasteiger partial charge on any atom is -0.326 e. The van der Waals surface area contributed by atoms with E-state index in [9.17, 15) is 22.8 Å². The molecule has 2 rings (SSSR count). The van der Waals surface area contributed by atoms with Crippen molar-refractivity contribution in [2.75, 3.05) is 5.32 Å². The van der Waals surface area contributed by atoms with Gasteiger partial charge in [0.05, 0.1) is 12.0 Å². The van der Waals surface area contributed by atoms with Gasteiger partial charge in [-0.25, -0.2) is 5.43 Å². The van der Waals surface area contributed by atoms with E-state index in [2.05, 4.69) is 15.8 Å². The average molecular weight is 377 g/mol. The highest BCUT2D eigenvalue weighted by atomic mass is 19.4. The molecule has 0 atom stereocenters. The van der Waals surface area contributed by atoms with Gasteiger partial charge in [0.15, 0.2) is 0 Å². The number of benzene rings is 2. The van der Waals surface area contributed by atoms with E-state index in [1.807, 2.05) is 6.92 Å². The molecule has 0 aliphatic heterocycles. The second-order valence-electron chi connectivity index (χ2n) is 5.96. The normalized spacial score (nSPS) is 11.8. The predicted octanol–water partition coefficient (Wildman–Crippen LogP) is 4.15. The zero-order chi connectivity index (χ0) is 20.0. The Labute approximate surface area is 154 Å². The zero-order valence-corrected chi connectivity index (χ0v) is 14.7. The highest BCUT2D eigenvalue weighted by Crippen LogP contribution is 2.30. The van der Waals surface area contributed by atoms with Gasteiger partial charge in [0.1, 0.15) is 0 Å². The smallest absolute Gasteiger partial charge is 0.326 e. The summed E-state index contributed by atoms with van der Waals surface area (Å²) in [5.74, 6) is -0.965. The van der Waals surface area contributed by atoms with Crippen molar-refractivity contribution >= 4 is 23.2 Å². The Kier molecular flexibility index (Phi) is 6.33. The zero-order valence-electron chi connectivity index (χ0n) is 14.7. The van der Waals surface area contributed by atoms with Crippen molar-refractivity contribution in [2.45, 2.75) is 26.4 Å². The van der Waals surface area contributed by atoms with Gasteiger partial charge in [-0.05, 0) is 44.2 Å². The van der Waals surface area contributed by atoms with Crippen LogP contribution in [0.25, 0.3) is 0 Å². The monoisotopic (exact) mass is 377 g/mol. The first-order valence-corrected chi connectivity index (χ1v) is 8.02. The summed E-state index contributed by atoms with van der Waals surface area (Å²) in [5.41, 5.74) is 3.26. The molecule has 142 valence electrons. The molecule has 0 saturated carbocycles. The van der Waals surface area contributed by atoms with Crippen molar-refractivity contribution in [1.82, 2.24) is 5.43 Å². The summed E-state index contributed by atoms with van der Waals surface area (Å²) >= 11 is 0. The number of nitrogens with one attached hydrogen (secondary N) is 2. The number of rotatable bonds is 5. The molecule has 2 aromatic rings. The number of carbonyl (C=O) groups is 2. The Balaban J connectivity index is 1.92. The molecular weight excluding hydrogens is 359 g/mol. The third-order valence-corrected chi connectivity index (χ3v) is 3.55. The lowest BCUT2D eigenvalue weighted by atomic mass is 10.1. The van der Waals surface area contributed by atoms with Crippen LogP contribution in [-0.4, -0.2) is 17.5 Å². The summed E-state index contributed by atoms with van der Waals surface area (Å²) < 4.78 is 38.0. The van der Waals surface area contributed by atoms with Gasteiger partial charge in [0, 0.05) is 17.0 Å². The molecule has 27 heavy (non-hydrogen) atoms. The number of nitrogens with zero attached hydrogens (tertiary/aromatic N) is 1. The molecule has 0 fully saturated rings. The molecule has 2 aromatic carbocycles. The summed E-state index contributed by atoms with van der Waals surface area (Å²) in [5, 5.41) is 6.22. The molecule has 0 bridgehead atoms. The van der Waals surface area contributed by atoms with Crippen molar-refractivity contribution in [1.29, 1.82) is 0 Å². The Morgan fingerprint density at radius 3 is 2.37 bits per heavy atom. The van der Waals surface area contributed by atoms with Gasteiger partial charge in [-0.15, -0.1) is 0 Å². The number of hydrogen-bond donors (Lipinski definition) is 2. The van der Waals surface area contributed by atoms with E-state index in [1.165, 1.54) is 19.1 Å². The maximum absolute atomic E-state index is 12.7. The molecule has 0 unspecified atom stereocenters. The van der Waals surface area contributed by atoms with Crippen molar-refractivity contribution < 1.29 is 22.8 Å². The molecule has 5 nitrogen and oxygen atoms in total. The van der Waals surface area contributed by atoms with Gasteiger partial charge in [0.2, 0.25) is 5.91 Å². The fourth-order valence-electron chi connectivity index (χ4n) is 2.17. The topological polar surface area (TPSA) is 70.6 Å². The van der Waals surface area contributed by atoms with Gasteiger partial charge < -0.3 is 5.32 Å². The van der Waals surface area contributed by atoms with E-state index in [1.54, 1.807) is 24.3 Å². The molecule has 0 aromatic heterocycles. The van der Waals surface area contributed by atoms with Crippen LogP contribution in [-0.2, 0) is 11.0 Å². The summed E-state index contributed by atoms with van der Waals surface area (Å²) in [6, 6.07) is 11.2. The maximum atomic E-state index is 12.7. The second kappa shape index (κ2) is 8.48. The van der Waals surface area contributed by atoms with Crippen LogP contribution >= 0.6 is 0 Å². The Hall–Kier alpha value is -3.16. The third-order valence-electron chi connectivity index (χ3n) is 3.55. The van der Waals surface area contributed by atoms with E-state index in [0.29, 0.717) is 11.3 Å². The predicted molar refractivity (Wildman–Crippen MR) is 96.4 cm³/mol. The second-order valence-corrected chi connectivity index (χ2v) is 5.96. The molecule has 2 amide bonds. The van der Waals surface area contributed by atoms with Crippen LogP contribution in [0.3, 0.4) is 0 Å². The van der Waals surface area contributed by atoms with E-state index in [4.69, 9.17) is 0 Å². The fourth-order valence-corrected chi connectivity index (χ4v) is 2.17. The van der Waals surface area contributed by atoms with Gasteiger partial charge in [-0.3, -0.25) is 9.59 Å². The summed E-state index contributed by atoms with van der Waals surface area (Å²) in [7, 11) is 0. The van der Waals surface area contributed by atoms with E-state index < -0.39 is 23.6 Å². The summed E-state index contributed by atoms with van der Waals surface area (Å²) in [6.45, 7) is 3.42. The molecule has 2 N–H and O–H groups in total. The number of hydrazone groups is 1. The number of halogens is 3. The Morgan fingerprint density at radius 1 is 1.07 bits per heavy atom. The minimum atomic E-state index is -4.49. The van der Waals surface area contributed by atoms with E-state index in [-0.39, 0.29) is 12.1 Å². The van der Waals surface area contributed by atoms with Gasteiger partial charge in [0.25, 0.3) is 5.91 Å². The maximum Gasteiger partial charge on any atom is 0.416 e. The van der Waals surface area contributed by atoms with Gasteiger partial charge in [-0.1, -0.05) is 23.8 Å². The number of aryl methyl sites for hydroxylation is 1. The molecule has 0 aliphatic rings. The van der Waals surface area contributed by atoms with Crippen LogP contribution in [0.4, 0.5) is 18.9 Å². The molecule has 0 aliphatic carbocycles. The molecule has 0 heterocycles. The first-order valence-electron chi connectivity index (χ1n) is 8.02. The quantitative estimate of drug-likeness (QED) is 0.607. The number of hydrogen-bond acceptors (Lipinski definition) is 3. The van der Waals surface area contributed by atoms with Crippen LogP contribution in [0.5, 0.6) is 0 Å². The number of amides is 2. The number of anilines is 1. The summed E-state index contributed by atoms with van der Waals surface area (Å²) in [6.07, 6.45) is -4.66. The molecule has 8 heteroatoms.